The van der Waals surface area contributed by atoms with Crippen LogP contribution in [0.3, 0.4) is 0 Å². The minimum atomic E-state index is -0.233. The van der Waals surface area contributed by atoms with Crippen molar-refractivity contribution in [2.75, 3.05) is 31.1 Å². The topological polar surface area (TPSA) is 92.1 Å². The Morgan fingerprint density at radius 3 is 2.80 bits per heavy atom. The maximum absolute atomic E-state index is 13.9. The van der Waals surface area contributed by atoms with Crippen molar-refractivity contribution < 1.29 is 9.18 Å². The number of hydrogen-bond acceptors (Lipinski definition) is 6. The summed E-state index contributed by atoms with van der Waals surface area (Å²) >= 11 is 0. The molecule has 7 rings (SSSR count). The van der Waals surface area contributed by atoms with E-state index >= 15 is 0 Å². The minimum Gasteiger partial charge on any atom is -0.337 e. The van der Waals surface area contributed by atoms with E-state index in [0.29, 0.717) is 32.1 Å². The van der Waals surface area contributed by atoms with Crippen LogP contribution in [0.2, 0.25) is 0 Å². The first kappa shape index (κ1) is 20.3. The summed E-state index contributed by atoms with van der Waals surface area (Å²) in [6.07, 6.45) is 5.30. The van der Waals surface area contributed by atoms with Gasteiger partial charge in [-0.2, -0.15) is 0 Å². The van der Waals surface area contributed by atoms with Gasteiger partial charge in [0.05, 0.1) is 17.8 Å². The number of pyridine rings is 1. The third-order valence-electron chi connectivity index (χ3n) is 7.25. The molecule has 4 aromatic rings. The van der Waals surface area contributed by atoms with E-state index in [-0.39, 0.29) is 23.9 Å². The van der Waals surface area contributed by atoms with Crippen LogP contribution in [0.4, 0.5) is 15.1 Å². The van der Waals surface area contributed by atoms with Crippen molar-refractivity contribution in [3.05, 3.63) is 66.0 Å². The molecule has 0 spiro atoms. The molecule has 2 saturated heterocycles. The molecular weight excluding hydrogens is 447 g/mol. The highest BCUT2D eigenvalue weighted by atomic mass is 19.1. The van der Waals surface area contributed by atoms with Crippen molar-refractivity contribution in [1.29, 1.82) is 0 Å². The maximum atomic E-state index is 13.9. The molecule has 0 radical (unpaired) electrons. The predicted octanol–water partition coefficient (Wildman–Crippen LogP) is 2.78. The molecule has 35 heavy (non-hydrogen) atoms. The molecule has 2 unspecified atom stereocenters. The molecule has 1 N–H and O–H groups in total. The smallest absolute Gasteiger partial charge is 0.317 e. The summed E-state index contributed by atoms with van der Waals surface area (Å²) in [5.74, 6) is 1.40. The molecule has 1 aromatic carbocycles. The van der Waals surface area contributed by atoms with E-state index in [4.69, 9.17) is 9.97 Å². The van der Waals surface area contributed by atoms with Crippen molar-refractivity contribution >= 4 is 23.1 Å². The standard InChI is InChI=1S/C25H23FN8O/c26-17-3-1-2-15(10-17)21-6-7-22-30-20-5-4-19(31-23(20)34(21)22)16-11-27-24(28-12-16)32-8-9-33-18(14-32)13-29-25(33)35/h1-5,10-12,18,21H,6-9,13-14H2,(H,29,35). The Morgan fingerprint density at radius 2 is 1.94 bits per heavy atom. The number of piperazine rings is 1. The van der Waals surface area contributed by atoms with E-state index in [1.807, 2.05) is 23.1 Å². The second-order valence-corrected chi connectivity index (χ2v) is 9.30. The van der Waals surface area contributed by atoms with Gasteiger partial charge in [-0.05, 0) is 36.2 Å². The third kappa shape index (κ3) is 3.31. The molecular formula is C25H23FN8O. The van der Waals surface area contributed by atoms with Gasteiger partial charge in [0.2, 0.25) is 5.95 Å². The van der Waals surface area contributed by atoms with Crippen LogP contribution < -0.4 is 10.2 Å². The zero-order valence-corrected chi connectivity index (χ0v) is 18.9. The average Bonchev–Trinajstić information content (AvgIpc) is 3.57. The molecule has 10 heteroatoms. The number of aryl methyl sites for hydroxylation is 1. The molecule has 2 fully saturated rings. The van der Waals surface area contributed by atoms with E-state index in [2.05, 4.69) is 24.8 Å². The van der Waals surface area contributed by atoms with Gasteiger partial charge in [-0.3, -0.25) is 0 Å². The van der Waals surface area contributed by atoms with Crippen LogP contribution in [-0.2, 0) is 6.42 Å². The number of fused-ring (bicyclic) bond motifs is 4. The van der Waals surface area contributed by atoms with Crippen molar-refractivity contribution in [1.82, 2.24) is 34.7 Å². The van der Waals surface area contributed by atoms with E-state index in [1.165, 1.54) is 6.07 Å². The van der Waals surface area contributed by atoms with Crippen LogP contribution in [0.25, 0.3) is 22.4 Å². The number of nitrogens with zero attached hydrogens (tertiary/aromatic N) is 7. The largest absolute Gasteiger partial charge is 0.337 e. The van der Waals surface area contributed by atoms with Crippen LogP contribution in [0, 0.1) is 5.82 Å². The second kappa shape index (κ2) is 7.72. The molecule has 0 bridgehead atoms. The molecule has 2 atom stereocenters. The van der Waals surface area contributed by atoms with E-state index in [1.54, 1.807) is 24.5 Å². The lowest BCUT2D eigenvalue weighted by Crippen LogP contribution is -2.52. The third-order valence-corrected chi connectivity index (χ3v) is 7.25. The number of urea groups is 1. The zero-order valence-electron chi connectivity index (χ0n) is 18.9. The lowest BCUT2D eigenvalue weighted by atomic mass is 10.0. The van der Waals surface area contributed by atoms with Gasteiger partial charge in [-0.1, -0.05) is 12.1 Å². The highest BCUT2D eigenvalue weighted by molar-refractivity contribution is 5.78. The summed E-state index contributed by atoms with van der Waals surface area (Å²) in [4.78, 5) is 34.8. The second-order valence-electron chi connectivity index (χ2n) is 9.30. The molecule has 0 saturated carbocycles. The molecule has 176 valence electrons. The van der Waals surface area contributed by atoms with Gasteiger partial charge in [0.1, 0.15) is 17.2 Å². The zero-order chi connectivity index (χ0) is 23.5. The van der Waals surface area contributed by atoms with Crippen LogP contribution in [0.15, 0.2) is 48.8 Å². The Morgan fingerprint density at radius 1 is 1.06 bits per heavy atom. The summed E-state index contributed by atoms with van der Waals surface area (Å²) in [7, 11) is 0. The fourth-order valence-electron chi connectivity index (χ4n) is 5.51. The number of anilines is 1. The summed E-state index contributed by atoms with van der Waals surface area (Å²) in [5.41, 5.74) is 4.15. The monoisotopic (exact) mass is 470 g/mol. The van der Waals surface area contributed by atoms with E-state index < -0.39 is 0 Å². The molecule has 3 aliphatic rings. The summed E-state index contributed by atoms with van der Waals surface area (Å²) in [5, 5.41) is 2.90. The van der Waals surface area contributed by atoms with Crippen LogP contribution >= 0.6 is 0 Å². The van der Waals surface area contributed by atoms with Crippen molar-refractivity contribution in [3.8, 4) is 11.3 Å². The minimum absolute atomic E-state index is 0.0124. The van der Waals surface area contributed by atoms with Gasteiger partial charge in [0, 0.05) is 50.6 Å². The predicted molar refractivity (Wildman–Crippen MR) is 128 cm³/mol. The maximum Gasteiger partial charge on any atom is 0.317 e. The molecule has 6 heterocycles. The van der Waals surface area contributed by atoms with Gasteiger partial charge < -0.3 is 19.7 Å². The highest BCUT2D eigenvalue weighted by Gasteiger charge is 2.36. The van der Waals surface area contributed by atoms with E-state index in [9.17, 15) is 9.18 Å². The number of amides is 2. The normalized spacial score (nSPS) is 21.3. The number of hydrogen-bond donors (Lipinski definition) is 1. The molecule has 9 nitrogen and oxygen atoms in total. The fourth-order valence-corrected chi connectivity index (χ4v) is 5.51. The van der Waals surface area contributed by atoms with Crippen molar-refractivity contribution in [2.24, 2.45) is 0 Å². The van der Waals surface area contributed by atoms with Crippen molar-refractivity contribution in [2.45, 2.75) is 24.9 Å². The first-order valence-corrected chi connectivity index (χ1v) is 11.9. The first-order chi connectivity index (χ1) is 17.1. The summed E-state index contributed by atoms with van der Waals surface area (Å²) < 4.78 is 16.0. The fraction of sp³-hybridized carbons (Fsp3) is 0.320. The number of carbonyl (C=O) groups excluding carboxylic acids is 1. The summed E-state index contributed by atoms with van der Waals surface area (Å²) in [6.45, 7) is 2.74. The Kier molecular flexibility index (Phi) is 4.48. The van der Waals surface area contributed by atoms with Gasteiger partial charge in [-0.25, -0.2) is 29.1 Å². The molecule has 3 aromatic heterocycles. The van der Waals surface area contributed by atoms with Crippen LogP contribution in [0.5, 0.6) is 0 Å². The average molecular weight is 471 g/mol. The number of carbonyl (C=O) groups is 1. The summed E-state index contributed by atoms with van der Waals surface area (Å²) in [6, 6.07) is 10.9. The number of rotatable bonds is 3. The number of nitrogens with one attached hydrogen (secondary N) is 1. The first-order valence-electron chi connectivity index (χ1n) is 11.9. The molecule has 3 aliphatic heterocycles. The van der Waals surface area contributed by atoms with E-state index in [0.717, 1.165) is 46.7 Å². The Bertz CT molecular complexity index is 1450. The number of halogens is 1. The quantitative estimate of drug-likeness (QED) is 0.495. The molecule has 0 aliphatic carbocycles. The Hall–Kier alpha value is -4.08. The lowest BCUT2D eigenvalue weighted by molar-refractivity contribution is 0.197. The molecule has 2 amide bonds. The van der Waals surface area contributed by atoms with Gasteiger partial charge in [-0.15, -0.1) is 0 Å². The Labute approximate surface area is 200 Å². The number of benzene rings is 1. The van der Waals surface area contributed by atoms with Gasteiger partial charge in [0.25, 0.3) is 0 Å². The number of aromatic nitrogens is 5. The van der Waals surface area contributed by atoms with Gasteiger partial charge >= 0.3 is 6.03 Å². The number of imidazole rings is 1. The SMILES string of the molecule is O=C1NCC2CN(c3ncc(-c4ccc5nc6n(c5n4)C(c4cccc(F)c4)CC6)cn3)CCN12. The van der Waals surface area contributed by atoms with Crippen LogP contribution in [-0.4, -0.2) is 67.7 Å². The van der Waals surface area contributed by atoms with Crippen molar-refractivity contribution in [3.63, 3.8) is 0 Å². The van der Waals surface area contributed by atoms with Gasteiger partial charge in [0.15, 0.2) is 5.65 Å². The highest BCUT2D eigenvalue weighted by Crippen LogP contribution is 2.35. The van der Waals surface area contributed by atoms with Crippen LogP contribution in [0.1, 0.15) is 23.9 Å². The Balaban J connectivity index is 1.18. The lowest BCUT2D eigenvalue weighted by Gasteiger charge is -2.36.